The van der Waals surface area contributed by atoms with Crippen molar-refractivity contribution >= 4 is 33.0 Å². The summed E-state index contributed by atoms with van der Waals surface area (Å²) in [5, 5.41) is 3.38. The summed E-state index contributed by atoms with van der Waals surface area (Å²) in [6, 6.07) is 18.7. The molecular formula is C19H18BrN3. The molecule has 23 heavy (non-hydrogen) atoms. The number of anilines is 3. The summed E-state index contributed by atoms with van der Waals surface area (Å²) in [4.78, 5) is 6.44. The molecule has 2 aromatic carbocycles. The summed E-state index contributed by atoms with van der Waals surface area (Å²) in [6.45, 7) is 0. The van der Waals surface area contributed by atoms with Gasteiger partial charge < -0.3 is 10.2 Å². The number of hydrogen-bond acceptors (Lipinski definition) is 3. The van der Waals surface area contributed by atoms with Crippen LogP contribution < -0.4 is 10.2 Å². The highest BCUT2D eigenvalue weighted by Crippen LogP contribution is 2.26. The van der Waals surface area contributed by atoms with Crippen LogP contribution in [0.25, 0.3) is 11.1 Å². The quantitative estimate of drug-likeness (QED) is 0.676. The van der Waals surface area contributed by atoms with Gasteiger partial charge in [-0.1, -0.05) is 34.1 Å². The van der Waals surface area contributed by atoms with Gasteiger partial charge in [0, 0.05) is 41.7 Å². The predicted molar refractivity (Wildman–Crippen MR) is 101 cm³/mol. The Morgan fingerprint density at radius 2 is 1.65 bits per heavy atom. The van der Waals surface area contributed by atoms with Gasteiger partial charge in [0.25, 0.3) is 0 Å². The second-order valence-corrected chi connectivity index (χ2v) is 6.45. The van der Waals surface area contributed by atoms with Gasteiger partial charge in [-0.3, -0.25) is 4.98 Å². The molecule has 1 aromatic heterocycles. The van der Waals surface area contributed by atoms with Crippen LogP contribution in [-0.4, -0.2) is 19.1 Å². The smallest absolute Gasteiger partial charge is 0.0576 e. The Bertz CT molecular complexity index is 798. The first-order valence-corrected chi connectivity index (χ1v) is 8.16. The average molecular weight is 368 g/mol. The SMILES string of the molecule is CN(C)c1ccc(-c2cncc(Nc3cccc(Br)c3)c2)cc1. The van der Waals surface area contributed by atoms with Gasteiger partial charge in [0.1, 0.15) is 0 Å². The first-order valence-electron chi connectivity index (χ1n) is 7.37. The number of aromatic nitrogens is 1. The molecule has 0 aliphatic heterocycles. The maximum atomic E-state index is 4.35. The van der Waals surface area contributed by atoms with Crippen LogP contribution in [0.2, 0.25) is 0 Å². The Morgan fingerprint density at radius 3 is 2.35 bits per heavy atom. The van der Waals surface area contributed by atoms with Crippen molar-refractivity contribution in [2.75, 3.05) is 24.3 Å². The molecule has 0 bridgehead atoms. The van der Waals surface area contributed by atoms with Crippen LogP contribution >= 0.6 is 15.9 Å². The summed E-state index contributed by atoms with van der Waals surface area (Å²) < 4.78 is 1.05. The average Bonchev–Trinajstić information content (AvgIpc) is 2.55. The van der Waals surface area contributed by atoms with Crippen LogP contribution in [0.4, 0.5) is 17.1 Å². The zero-order chi connectivity index (χ0) is 16.2. The van der Waals surface area contributed by atoms with Crippen molar-refractivity contribution in [2.45, 2.75) is 0 Å². The molecule has 3 aromatic rings. The summed E-state index contributed by atoms with van der Waals surface area (Å²) in [5.74, 6) is 0. The molecule has 0 aliphatic rings. The Hall–Kier alpha value is -2.33. The van der Waals surface area contributed by atoms with Crippen molar-refractivity contribution in [1.29, 1.82) is 0 Å². The summed E-state index contributed by atoms with van der Waals surface area (Å²) in [7, 11) is 4.08. The van der Waals surface area contributed by atoms with Crippen molar-refractivity contribution in [3.05, 3.63) is 71.5 Å². The fourth-order valence-corrected chi connectivity index (χ4v) is 2.75. The number of hydrogen-bond donors (Lipinski definition) is 1. The molecule has 0 atom stereocenters. The molecule has 0 radical (unpaired) electrons. The molecule has 4 heteroatoms. The van der Waals surface area contributed by atoms with E-state index < -0.39 is 0 Å². The minimum Gasteiger partial charge on any atom is -0.378 e. The van der Waals surface area contributed by atoms with Crippen molar-refractivity contribution in [3.8, 4) is 11.1 Å². The van der Waals surface area contributed by atoms with E-state index in [-0.39, 0.29) is 0 Å². The minimum absolute atomic E-state index is 0.970. The molecule has 0 fully saturated rings. The monoisotopic (exact) mass is 367 g/mol. The fourth-order valence-electron chi connectivity index (χ4n) is 2.35. The molecule has 3 rings (SSSR count). The maximum absolute atomic E-state index is 4.35. The van der Waals surface area contributed by atoms with Gasteiger partial charge in [-0.25, -0.2) is 0 Å². The Kier molecular flexibility index (Phi) is 4.63. The van der Waals surface area contributed by atoms with Gasteiger partial charge in [0.2, 0.25) is 0 Å². The third-order valence-electron chi connectivity index (χ3n) is 3.57. The Balaban J connectivity index is 1.84. The van der Waals surface area contributed by atoms with E-state index in [1.54, 1.807) is 0 Å². The zero-order valence-electron chi connectivity index (χ0n) is 13.1. The molecule has 0 saturated carbocycles. The lowest BCUT2D eigenvalue weighted by atomic mass is 10.1. The van der Waals surface area contributed by atoms with Crippen molar-refractivity contribution in [1.82, 2.24) is 4.98 Å². The van der Waals surface area contributed by atoms with Gasteiger partial charge in [0.15, 0.2) is 0 Å². The van der Waals surface area contributed by atoms with Gasteiger partial charge in [-0.2, -0.15) is 0 Å². The second-order valence-electron chi connectivity index (χ2n) is 5.54. The fraction of sp³-hybridized carbons (Fsp3) is 0.105. The zero-order valence-corrected chi connectivity index (χ0v) is 14.7. The Morgan fingerprint density at radius 1 is 0.870 bits per heavy atom. The van der Waals surface area contributed by atoms with Gasteiger partial charge in [-0.15, -0.1) is 0 Å². The normalized spacial score (nSPS) is 10.4. The van der Waals surface area contributed by atoms with E-state index in [0.717, 1.165) is 27.0 Å². The van der Waals surface area contributed by atoms with Crippen LogP contribution in [-0.2, 0) is 0 Å². The number of pyridine rings is 1. The van der Waals surface area contributed by atoms with Crippen LogP contribution in [0.1, 0.15) is 0 Å². The van der Waals surface area contributed by atoms with E-state index >= 15 is 0 Å². The number of nitrogens with one attached hydrogen (secondary N) is 1. The topological polar surface area (TPSA) is 28.2 Å². The Labute approximate surface area is 145 Å². The predicted octanol–water partition coefficient (Wildman–Crippen LogP) is 5.32. The number of rotatable bonds is 4. The largest absolute Gasteiger partial charge is 0.378 e. The van der Waals surface area contributed by atoms with E-state index in [1.807, 2.05) is 50.8 Å². The number of halogens is 1. The highest BCUT2D eigenvalue weighted by Gasteiger charge is 2.02. The minimum atomic E-state index is 0.970. The van der Waals surface area contributed by atoms with E-state index in [4.69, 9.17) is 0 Å². The van der Waals surface area contributed by atoms with Crippen molar-refractivity contribution < 1.29 is 0 Å². The number of benzene rings is 2. The highest BCUT2D eigenvalue weighted by molar-refractivity contribution is 9.10. The van der Waals surface area contributed by atoms with Gasteiger partial charge >= 0.3 is 0 Å². The molecule has 1 heterocycles. The van der Waals surface area contributed by atoms with Gasteiger partial charge in [-0.05, 0) is 42.0 Å². The second kappa shape index (κ2) is 6.84. The molecule has 0 unspecified atom stereocenters. The first-order chi connectivity index (χ1) is 11.1. The molecule has 0 saturated heterocycles. The summed E-state index contributed by atoms with van der Waals surface area (Å²) >= 11 is 3.49. The highest BCUT2D eigenvalue weighted by atomic mass is 79.9. The molecule has 116 valence electrons. The van der Waals surface area contributed by atoms with Gasteiger partial charge in [0.05, 0.1) is 11.9 Å². The molecule has 0 spiro atoms. The van der Waals surface area contributed by atoms with E-state index in [0.29, 0.717) is 0 Å². The molecule has 0 aliphatic carbocycles. The lowest BCUT2D eigenvalue weighted by molar-refractivity contribution is 1.13. The molecular weight excluding hydrogens is 350 g/mol. The van der Waals surface area contributed by atoms with Crippen LogP contribution in [0.5, 0.6) is 0 Å². The van der Waals surface area contributed by atoms with Crippen LogP contribution in [0.3, 0.4) is 0 Å². The van der Waals surface area contributed by atoms with Crippen LogP contribution in [0, 0.1) is 0 Å². The third-order valence-corrected chi connectivity index (χ3v) is 4.06. The molecule has 1 N–H and O–H groups in total. The summed E-state index contributed by atoms with van der Waals surface area (Å²) in [6.07, 6.45) is 3.72. The standard InChI is InChI=1S/C19H18BrN3/c1-23(2)19-8-6-14(7-9-19)15-10-18(13-21-12-15)22-17-5-3-4-16(20)11-17/h3-13,22H,1-2H3. The lowest BCUT2D eigenvalue weighted by Crippen LogP contribution is -2.07. The molecule has 0 amide bonds. The van der Waals surface area contributed by atoms with Crippen LogP contribution in [0.15, 0.2) is 71.5 Å². The maximum Gasteiger partial charge on any atom is 0.0576 e. The van der Waals surface area contributed by atoms with E-state index in [9.17, 15) is 0 Å². The van der Waals surface area contributed by atoms with E-state index in [1.165, 1.54) is 5.69 Å². The summed E-state index contributed by atoms with van der Waals surface area (Å²) in [5.41, 5.74) is 5.43. The van der Waals surface area contributed by atoms with Crippen molar-refractivity contribution in [2.24, 2.45) is 0 Å². The first kappa shape index (κ1) is 15.6. The molecule has 3 nitrogen and oxygen atoms in total. The van der Waals surface area contributed by atoms with E-state index in [2.05, 4.69) is 61.5 Å². The number of nitrogens with zero attached hydrogens (tertiary/aromatic N) is 2. The lowest BCUT2D eigenvalue weighted by Gasteiger charge is -2.13. The third kappa shape index (κ3) is 3.90. The van der Waals surface area contributed by atoms with Crippen molar-refractivity contribution in [3.63, 3.8) is 0 Å².